The van der Waals surface area contributed by atoms with Gasteiger partial charge in [-0.3, -0.25) is 9.59 Å². The fourth-order valence-electron chi connectivity index (χ4n) is 7.16. The molecule has 0 bridgehead atoms. The highest BCUT2D eigenvalue weighted by Gasteiger charge is 2.51. The first kappa shape index (κ1) is 36.8. The van der Waals surface area contributed by atoms with Crippen LogP contribution in [0.5, 0.6) is 0 Å². The Kier molecular flexibility index (Phi) is 19.0. The van der Waals surface area contributed by atoms with Crippen molar-refractivity contribution in [3.63, 3.8) is 0 Å². The molecule has 0 amide bonds. The molecule has 236 valence electrons. The Balaban J connectivity index is 2.91. The summed E-state index contributed by atoms with van der Waals surface area (Å²) in [7, 11) is 0. The van der Waals surface area contributed by atoms with Crippen LogP contribution in [0, 0.1) is 29.6 Å². The molecule has 40 heavy (non-hydrogen) atoms. The van der Waals surface area contributed by atoms with E-state index < -0.39 is 42.3 Å². The fourth-order valence-corrected chi connectivity index (χ4v) is 7.16. The topological polar surface area (TPSA) is 156 Å². The molecule has 0 aromatic carbocycles. The Morgan fingerprint density at radius 3 is 1.70 bits per heavy atom. The highest BCUT2D eigenvalue weighted by Crippen LogP contribution is 2.49. The standard InChI is InChI=1S/C32H60O8/c1-4-16-23-24(17-5-2)30(37)31(38)25(18-12-8-6-7-9-15-21-28(35)36)29(23)26(32(39)40)19-13-10-11-14-20-27(34)22(3)33/h22-27,29-31,33-34,37-38H,4-21H2,1-3H3,(H,35,36)(H,39,40). The number of aliphatic hydroxyl groups is 4. The highest BCUT2D eigenvalue weighted by molar-refractivity contribution is 5.70. The summed E-state index contributed by atoms with van der Waals surface area (Å²) < 4.78 is 0. The third kappa shape index (κ3) is 12.7. The number of rotatable bonds is 23. The molecule has 0 radical (unpaired) electrons. The second-order valence-corrected chi connectivity index (χ2v) is 12.4. The van der Waals surface area contributed by atoms with Crippen molar-refractivity contribution in [1.82, 2.24) is 0 Å². The van der Waals surface area contributed by atoms with Crippen LogP contribution in [0.25, 0.3) is 0 Å². The number of carbonyl (C=O) groups is 2. The maximum absolute atomic E-state index is 12.7. The summed E-state index contributed by atoms with van der Waals surface area (Å²) in [6, 6.07) is 0. The van der Waals surface area contributed by atoms with Gasteiger partial charge in [-0.15, -0.1) is 0 Å². The van der Waals surface area contributed by atoms with Crippen LogP contribution in [0.3, 0.4) is 0 Å². The monoisotopic (exact) mass is 572 g/mol. The number of unbranched alkanes of at least 4 members (excludes halogenated alkanes) is 8. The minimum absolute atomic E-state index is 0.0617. The summed E-state index contributed by atoms with van der Waals surface area (Å²) in [6.07, 6.45) is 10.8. The first-order chi connectivity index (χ1) is 19.1. The smallest absolute Gasteiger partial charge is 0.306 e. The van der Waals surface area contributed by atoms with Gasteiger partial charge in [-0.2, -0.15) is 0 Å². The molecule has 0 saturated heterocycles. The lowest BCUT2D eigenvalue weighted by Gasteiger charge is -2.51. The van der Waals surface area contributed by atoms with E-state index in [-0.39, 0.29) is 30.1 Å². The van der Waals surface area contributed by atoms with E-state index >= 15 is 0 Å². The summed E-state index contributed by atoms with van der Waals surface area (Å²) >= 11 is 0. The summed E-state index contributed by atoms with van der Waals surface area (Å²) in [5.41, 5.74) is 0. The van der Waals surface area contributed by atoms with Crippen LogP contribution in [0.2, 0.25) is 0 Å². The number of carboxylic acid groups (broad SMARTS) is 2. The summed E-state index contributed by atoms with van der Waals surface area (Å²) in [4.78, 5) is 23.4. The van der Waals surface area contributed by atoms with Crippen LogP contribution in [0.4, 0.5) is 0 Å². The molecule has 9 unspecified atom stereocenters. The lowest BCUT2D eigenvalue weighted by molar-refractivity contribution is -0.166. The van der Waals surface area contributed by atoms with Gasteiger partial charge in [0, 0.05) is 6.42 Å². The minimum Gasteiger partial charge on any atom is -0.481 e. The van der Waals surface area contributed by atoms with Gasteiger partial charge in [-0.1, -0.05) is 90.9 Å². The van der Waals surface area contributed by atoms with E-state index in [1.165, 1.54) is 0 Å². The van der Waals surface area contributed by atoms with Crippen LogP contribution in [-0.2, 0) is 9.59 Å². The molecule has 0 heterocycles. The Morgan fingerprint density at radius 2 is 1.15 bits per heavy atom. The van der Waals surface area contributed by atoms with Gasteiger partial charge in [-0.05, 0) is 62.7 Å². The summed E-state index contributed by atoms with van der Waals surface area (Å²) in [5.74, 6) is -2.61. The third-order valence-electron chi connectivity index (χ3n) is 9.29. The van der Waals surface area contributed by atoms with Crippen molar-refractivity contribution in [2.45, 2.75) is 161 Å². The van der Waals surface area contributed by atoms with E-state index in [1.807, 2.05) is 0 Å². The average Bonchev–Trinajstić information content (AvgIpc) is 2.90. The molecular weight excluding hydrogens is 512 g/mol. The normalized spacial score (nSPS) is 27.3. The van der Waals surface area contributed by atoms with Crippen LogP contribution >= 0.6 is 0 Å². The van der Waals surface area contributed by atoms with Crippen molar-refractivity contribution in [3.8, 4) is 0 Å². The highest BCUT2D eigenvalue weighted by atomic mass is 16.4. The van der Waals surface area contributed by atoms with Crippen LogP contribution in [0.15, 0.2) is 0 Å². The molecule has 9 atom stereocenters. The van der Waals surface area contributed by atoms with Gasteiger partial charge in [0.25, 0.3) is 0 Å². The molecule has 6 N–H and O–H groups in total. The zero-order valence-electron chi connectivity index (χ0n) is 25.4. The molecule has 0 aromatic rings. The molecule has 1 rings (SSSR count). The van der Waals surface area contributed by atoms with Crippen LogP contribution < -0.4 is 0 Å². The van der Waals surface area contributed by atoms with Crippen molar-refractivity contribution in [3.05, 3.63) is 0 Å². The predicted molar refractivity (Wildman–Crippen MR) is 157 cm³/mol. The zero-order chi connectivity index (χ0) is 30.1. The molecule has 1 saturated carbocycles. The van der Waals surface area contributed by atoms with E-state index in [9.17, 15) is 35.1 Å². The average molecular weight is 573 g/mol. The molecular formula is C32H60O8. The SMILES string of the molecule is CCCC1C(O)C(O)C(CCCCCCCCC(=O)O)C(C(CCCCCCC(O)C(C)O)C(=O)O)C1CCC. The molecule has 1 fully saturated rings. The van der Waals surface area contributed by atoms with Gasteiger partial charge in [0.1, 0.15) is 0 Å². The number of aliphatic carboxylic acids is 2. The predicted octanol–water partition coefficient (Wildman–Crippen LogP) is 5.78. The van der Waals surface area contributed by atoms with Crippen molar-refractivity contribution >= 4 is 11.9 Å². The first-order valence-electron chi connectivity index (χ1n) is 16.2. The van der Waals surface area contributed by atoms with Crippen molar-refractivity contribution in [1.29, 1.82) is 0 Å². The number of aliphatic hydroxyl groups excluding tert-OH is 4. The second kappa shape index (κ2) is 20.6. The Bertz CT molecular complexity index is 684. The molecule has 8 heteroatoms. The minimum atomic E-state index is -0.922. The maximum Gasteiger partial charge on any atom is 0.306 e. The Morgan fingerprint density at radius 1 is 0.650 bits per heavy atom. The maximum atomic E-state index is 12.7. The molecule has 0 spiro atoms. The lowest BCUT2D eigenvalue weighted by atomic mass is 9.56. The van der Waals surface area contributed by atoms with E-state index in [2.05, 4.69) is 13.8 Å². The van der Waals surface area contributed by atoms with E-state index in [4.69, 9.17) is 5.11 Å². The van der Waals surface area contributed by atoms with Gasteiger partial charge in [0.2, 0.25) is 0 Å². The molecule has 0 aromatic heterocycles. The zero-order valence-corrected chi connectivity index (χ0v) is 25.4. The van der Waals surface area contributed by atoms with Crippen molar-refractivity contribution in [2.24, 2.45) is 29.6 Å². The van der Waals surface area contributed by atoms with Gasteiger partial charge < -0.3 is 30.6 Å². The van der Waals surface area contributed by atoms with E-state index in [1.54, 1.807) is 6.92 Å². The quantitative estimate of drug-likeness (QED) is 0.0842. The number of hydrogen-bond donors (Lipinski definition) is 6. The van der Waals surface area contributed by atoms with Gasteiger partial charge >= 0.3 is 11.9 Å². The number of hydrogen-bond acceptors (Lipinski definition) is 6. The van der Waals surface area contributed by atoms with Crippen molar-refractivity contribution in [2.75, 3.05) is 0 Å². The largest absolute Gasteiger partial charge is 0.481 e. The summed E-state index contributed by atoms with van der Waals surface area (Å²) in [6.45, 7) is 5.76. The van der Waals surface area contributed by atoms with Gasteiger partial charge in [0.15, 0.2) is 0 Å². The molecule has 1 aliphatic carbocycles. The summed E-state index contributed by atoms with van der Waals surface area (Å²) in [5, 5.41) is 61.0. The third-order valence-corrected chi connectivity index (χ3v) is 9.29. The number of carboxylic acids is 2. The fraction of sp³-hybridized carbons (Fsp3) is 0.938. The van der Waals surface area contributed by atoms with E-state index in [0.29, 0.717) is 25.7 Å². The van der Waals surface area contributed by atoms with Gasteiger partial charge in [0.05, 0.1) is 30.3 Å². The van der Waals surface area contributed by atoms with Crippen LogP contribution in [-0.4, -0.2) is 67.0 Å². The van der Waals surface area contributed by atoms with Crippen LogP contribution in [0.1, 0.15) is 136 Å². The Labute approximate surface area is 242 Å². The molecule has 8 nitrogen and oxygen atoms in total. The lowest BCUT2D eigenvalue weighted by Crippen LogP contribution is -2.55. The first-order valence-corrected chi connectivity index (χ1v) is 16.2. The van der Waals surface area contributed by atoms with E-state index in [0.717, 1.165) is 83.5 Å². The Hall–Kier alpha value is -1.22. The molecule has 1 aliphatic rings. The second-order valence-electron chi connectivity index (χ2n) is 12.4. The van der Waals surface area contributed by atoms with Crippen molar-refractivity contribution < 1.29 is 40.2 Å². The molecule has 0 aliphatic heterocycles. The van der Waals surface area contributed by atoms with Gasteiger partial charge in [-0.25, -0.2) is 0 Å².